The van der Waals surface area contributed by atoms with E-state index in [-0.39, 0.29) is 11.9 Å². The van der Waals surface area contributed by atoms with E-state index in [1.54, 1.807) is 23.5 Å². The molecule has 5 heteroatoms. The van der Waals surface area contributed by atoms with E-state index in [9.17, 15) is 4.39 Å². The molecule has 0 fully saturated rings. The standard InChI is InChI=1S/C16H20BrFN2S/c1-11(8-13-4-3-7-21-13)20(2)16(10-19)14-9-12(18)5-6-15(14)17/h3-7,9,11,16H,8,10,19H2,1-2H3. The van der Waals surface area contributed by atoms with Crippen LogP contribution < -0.4 is 5.73 Å². The van der Waals surface area contributed by atoms with Gasteiger partial charge in [0.05, 0.1) is 0 Å². The second-order valence-electron chi connectivity index (χ2n) is 5.22. The van der Waals surface area contributed by atoms with E-state index in [4.69, 9.17) is 5.73 Å². The van der Waals surface area contributed by atoms with Gasteiger partial charge in [-0.1, -0.05) is 22.0 Å². The number of halogens is 2. The Morgan fingerprint density at radius 3 is 2.76 bits per heavy atom. The Kier molecular flexibility index (Phi) is 5.93. The van der Waals surface area contributed by atoms with E-state index in [0.717, 1.165) is 16.5 Å². The summed E-state index contributed by atoms with van der Waals surface area (Å²) in [5.74, 6) is -0.231. The highest BCUT2D eigenvalue weighted by Gasteiger charge is 2.23. The van der Waals surface area contributed by atoms with E-state index in [1.807, 2.05) is 7.05 Å². The number of thiophene rings is 1. The Hall–Kier alpha value is -0.750. The zero-order chi connectivity index (χ0) is 15.4. The summed E-state index contributed by atoms with van der Waals surface area (Å²) in [6.07, 6.45) is 0.970. The Labute approximate surface area is 137 Å². The second-order valence-corrected chi connectivity index (χ2v) is 7.10. The summed E-state index contributed by atoms with van der Waals surface area (Å²) in [4.78, 5) is 3.57. The monoisotopic (exact) mass is 370 g/mol. The van der Waals surface area contributed by atoms with Crippen molar-refractivity contribution in [1.29, 1.82) is 0 Å². The molecule has 0 saturated carbocycles. The van der Waals surface area contributed by atoms with Crippen molar-refractivity contribution in [1.82, 2.24) is 4.90 Å². The number of nitrogens with zero attached hydrogens (tertiary/aromatic N) is 1. The van der Waals surface area contributed by atoms with Gasteiger partial charge in [0.25, 0.3) is 0 Å². The molecule has 21 heavy (non-hydrogen) atoms. The first-order valence-corrected chi connectivity index (χ1v) is 8.59. The molecule has 1 heterocycles. The Morgan fingerprint density at radius 1 is 1.38 bits per heavy atom. The third-order valence-electron chi connectivity index (χ3n) is 3.80. The lowest BCUT2D eigenvalue weighted by Crippen LogP contribution is -2.38. The van der Waals surface area contributed by atoms with Crippen LogP contribution in [0.3, 0.4) is 0 Å². The molecule has 0 spiro atoms. The molecular weight excluding hydrogens is 351 g/mol. The SMILES string of the molecule is CC(Cc1cccs1)N(C)C(CN)c1cc(F)ccc1Br. The summed E-state index contributed by atoms with van der Waals surface area (Å²) < 4.78 is 14.4. The van der Waals surface area contributed by atoms with E-state index in [1.165, 1.54) is 10.9 Å². The molecule has 0 bridgehead atoms. The van der Waals surface area contributed by atoms with Gasteiger partial charge < -0.3 is 5.73 Å². The van der Waals surface area contributed by atoms with Crippen LogP contribution in [0.25, 0.3) is 0 Å². The molecule has 2 unspecified atom stereocenters. The average Bonchev–Trinajstić information content (AvgIpc) is 2.96. The van der Waals surface area contributed by atoms with E-state index < -0.39 is 0 Å². The highest BCUT2D eigenvalue weighted by molar-refractivity contribution is 9.10. The summed E-state index contributed by atoms with van der Waals surface area (Å²) >= 11 is 5.27. The largest absolute Gasteiger partial charge is 0.329 e. The van der Waals surface area contributed by atoms with Crippen LogP contribution in [0.5, 0.6) is 0 Å². The minimum atomic E-state index is -0.231. The van der Waals surface area contributed by atoms with Crippen molar-refractivity contribution in [2.75, 3.05) is 13.6 Å². The van der Waals surface area contributed by atoms with Gasteiger partial charge in [0, 0.05) is 28.0 Å². The molecule has 2 aromatic rings. The number of likely N-dealkylation sites (N-methyl/N-ethyl adjacent to an activating group) is 1. The van der Waals surface area contributed by atoms with Crippen LogP contribution in [0.4, 0.5) is 4.39 Å². The number of rotatable bonds is 6. The highest BCUT2D eigenvalue weighted by atomic mass is 79.9. The van der Waals surface area contributed by atoms with Crippen molar-refractivity contribution in [2.45, 2.75) is 25.4 Å². The summed E-state index contributed by atoms with van der Waals surface area (Å²) in [5.41, 5.74) is 6.85. The minimum absolute atomic E-state index is 0.00922. The molecule has 2 nitrogen and oxygen atoms in total. The second kappa shape index (κ2) is 7.49. The van der Waals surface area contributed by atoms with Gasteiger partial charge in [-0.25, -0.2) is 4.39 Å². The Morgan fingerprint density at radius 2 is 2.14 bits per heavy atom. The predicted octanol–water partition coefficient (Wildman–Crippen LogP) is 4.21. The van der Waals surface area contributed by atoms with Gasteiger partial charge in [0.15, 0.2) is 0 Å². The number of hydrogen-bond acceptors (Lipinski definition) is 3. The molecule has 0 amide bonds. The lowest BCUT2D eigenvalue weighted by atomic mass is 10.0. The summed E-state index contributed by atoms with van der Waals surface area (Å²) in [7, 11) is 2.05. The molecule has 0 radical (unpaired) electrons. The third kappa shape index (κ3) is 4.13. The number of benzene rings is 1. The van der Waals surface area contributed by atoms with Crippen LogP contribution in [0.2, 0.25) is 0 Å². The highest BCUT2D eigenvalue weighted by Crippen LogP contribution is 2.29. The molecule has 0 aliphatic heterocycles. The van der Waals surface area contributed by atoms with Gasteiger partial charge in [-0.3, -0.25) is 4.90 Å². The normalized spacial score (nSPS) is 14.4. The van der Waals surface area contributed by atoms with Crippen molar-refractivity contribution < 1.29 is 4.39 Å². The first kappa shape index (κ1) is 16.6. The van der Waals surface area contributed by atoms with Gasteiger partial charge in [-0.15, -0.1) is 11.3 Å². The van der Waals surface area contributed by atoms with Crippen molar-refractivity contribution in [3.05, 3.63) is 56.4 Å². The van der Waals surface area contributed by atoms with Crippen LogP contribution in [-0.4, -0.2) is 24.5 Å². The lowest BCUT2D eigenvalue weighted by molar-refractivity contribution is 0.187. The van der Waals surface area contributed by atoms with Gasteiger partial charge >= 0.3 is 0 Å². The fourth-order valence-corrected chi connectivity index (χ4v) is 3.79. The number of nitrogens with two attached hydrogens (primary N) is 1. The fourth-order valence-electron chi connectivity index (χ4n) is 2.45. The smallest absolute Gasteiger partial charge is 0.123 e. The van der Waals surface area contributed by atoms with Gasteiger partial charge in [0.1, 0.15) is 5.82 Å². The molecular formula is C16H20BrFN2S. The van der Waals surface area contributed by atoms with Gasteiger partial charge in [-0.05, 0) is 55.6 Å². The number of hydrogen-bond donors (Lipinski definition) is 1. The Bertz CT molecular complexity index is 574. The van der Waals surface area contributed by atoms with E-state index >= 15 is 0 Å². The maximum Gasteiger partial charge on any atom is 0.123 e. The van der Waals surface area contributed by atoms with Crippen molar-refractivity contribution in [3.63, 3.8) is 0 Å². The quantitative estimate of drug-likeness (QED) is 0.824. The molecule has 114 valence electrons. The van der Waals surface area contributed by atoms with Crippen molar-refractivity contribution in [3.8, 4) is 0 Å². The van der Waals surface area contributed by atoms with Crippen LogP contribution in [0.1, 0.15) is 23.4 Å². The van der Waals surface area contributed by atoms with E-state index in [2.05, 4.69) is 45.3 Å². The van der Waals surface area contributed by atoms with Crippen molar-refractivity contribution >= 4 is 27.3 Å². The van der Waals surface area contributed by atoms with Crippen molar-refractivity contribution in [2.24, 2.45) is 5.73 Å². The Balaban J connectivity index is 2.17. The maximum absolute atomic E-state index is 13.5. The predicted molar refractivity (Wildman–Crippen MR) is 91.1 cm³/mol. The van der Waals surface area contributed by atoms with Crippen LogP contribution >= 0.6 is 27.3 Å². The fraction of sp³-hybridized carbons (Fsp3) is 0.375. The molecule has 2 atom stereocenters. The molecule has 2 rings (SSSR count). The zero-order valence-electron chi connectivity index (χ0n) is 12.2. The average molecular weight is 371 g/mol. The van der Waals surface area contributed by atoms with E-state index in [0.29, 0.717) is 12.6 Å². The molecule has 1 aromatic heterocycles. The first-order valence-electron chi connectivity index (χ1n) is 6.92. The lowest BCUT2D eigenvalue weighted by Gasteiger charge is -2.33. The molecule has 1 aromatic carbocycles. The topological polar surface area (TPSA) is 29.3 Å². The first-order chi connectivity index (χ1) is 10.0. The van der Waals surface area contributed by atoms with Crippen LogP contribution in [0, 0.1) is 5.82 Å². The molecule has 0 aliphatic rings. The molecule has 2 N–H and O–H groups in total. The van der Waals surface area contributed by atoms with Crippen LogP contribution in [0.15, 0.2) is 40.2 Å². The summed E-state index contributed by atoms with van der Waals surface area (Å²) in [5, 5.41) is 2.09. The minimum Gasteiger partial charge on any atom is -0.329 e. The molecule has 0 saturated heterocycles. The van der Waals surface area contributed by atoms with Crippen LogP contribution in [-0.2, 0) is 6.42 Å². The zero-order valence-corrected chi connectivity index (χ0v) is 14.6. The summed E-state index contributed by atoms with van der Waals surface area (Å²) in [6.45, 7) is 2.63. The van der Waals surface area contributed by atoms with Gasteiger partial charge in [-0.2, -0.15) is 0 Å². The maximum atomic E-state index is 13.5. The van der Waals surface area contributed by atoms with Gasteiger partial charge in [0.2, 0.25) is 0 Å². The third-order valence-corrected chi connectivity index (χ3v) is 5.42. The summed E-state index contributed by atoms with van der Waals surface area (Å²) in [6, 6.07) is 9.29. The molecule has 0 aliphatic carbocycles.